The molecule has 1 aromatic carbocycles. The molecule has 0 radical (unpaired) electrons. The first-order valence-electron chi connectivity index (χ1n) is 9.69. The molecule has 4 heterocycles. The third-order valence-corrected chi connectivity index (χ3v) is 4.96. The van der Waals surface area contributed by atoms with Crippen LogP contribution in [-0.4, -0.2) is 41.3 Å². The van der Waals surface area contributed by atoms with E-state index in [2.05, 4.69) is 27.3 Å². The fourth-order valence-corrected chi connectivity index (χ4v) is 3.47. The Morgan fingerprint density at radius 1 is 0.966 bits per heavy atom. The Morgan fingerprint density at radius 2 is 1.79 bits per heavy atom. The van der Waals surface area contributed by atoms with E-state index in [9.17, 15) is 0 Å². The Bertz CT molecular complexity index is 1090. The first-order chi connectivity index (χ1) is 14.4. The topological polar surface area (TPSA) is 76.3 Å². The van der Waals surface area contributed by atoms with Gasteiger partial charge in [-0.3, -0.25) is 4.98 Å². The van der Waals surface area contributed by atoms with E-state index in [1.165, 1.54) is 0 Å². The number of anilines is 2. The van der Waals surface area contributed by atoms with Crippen molar-refractivity contribution in [3.8, 4) is 11.1 Å². The molecular formula is C22H21N5O2. The van der Waals surface area contributed by atoms with Crippen molar-refractivity contribution in [1.82, 2.24) is 15.0 Å². The van der Waals surface area contributed by atoms with Gasteiger partial charge in [-0.05, 0) is 17.7 Å². The summed E-state index contributed by atoms with van der Waals surface area (Å²) in [6.07, 6.45) is 3.54. The van der Waals surface area contributed by atoms with E-state index in [0.29, 0.717) is 31.4 Å². The zero-order chi connectivity index (χ0) is 19.5. The molecule has 29 heavy (non-hydrogen) atoms. The summed E-state index contributed by atoms with van der Waals surface area (Å²) in [4.78, 5) is 16.1. The summed E-state index contributed by atoms with van der Waals surface area (Å²) in [5.74, 6) is 1.40. The molecule has 0 amide bonds. The number of pyridine rings is 1. The molecule has 1 aliphatic heterocycles. The first kappa shape index (κ1) is 17.6. The predicted molar refractivity (Wildman–Crippen MR) is 112 cm³/mol. The maximum Gasteiger partial charge on any atom is 0.233 e. The minimum absolute atomic E-state index is 0.564. The van der Waals surface area contributed by atoms with Gasteiger partial charge in [0.25, 0.3) is 0 Å². The quantitative estimate of drug-likeness (QED) is 0.559. The van der Waals surface area contributed by atoms with E-state index in [4.69, 9.17) is 19.1 Å². The molecule has 7 heteroatoms. The standard InChI is InChI=1S/C22H21N5O2/c1-2-6-16(7-3-1)18-15-29-21-19(18)20(24-14-17-8-4-5-9-23-17)25-22(26-21)27-10-12-28-13-11-27/h1-9,15H,10-14H2,(H,24,25,26). The van der Waals surface area contributed by atoms with Crippen molar-refractivity contribution in [1.29, 1.82) is 0 Å². The van der Waals surface area contributed by atoms with E-state index >= 15 is 0 Å². The first-order valence-corrected chi connectivity index (χ1v) is 9.69. The molecule has 0 atom stereocenters. The fourth-order valence-electron chi connectivity index (χ4n) is 3.47. The molecule has 7 nitrogen and oxygen atoms in total. The molecule has 5 rings (SSSR count). The van der Waals surface area contributed by atoms with Gasteiger partial charge in [0.2, 0.25) is 11.7 Å². The van der Waals surface area contributed by atoms with Gasteiger partial charge in [-0.15, -0.1) is 0 Å². The molecule has 0 spiro atoms. The van der Waals surface area contributed by atoms with Crippen LogP contribution in [-0.2, 0) is 11.3 Å². The summed E-state index contributed by atoms with van der Waals surface area (Å²) < 4.78 is 11.3. The summed E-state index contributed by atoms with van der Waals surface area (Å²) in [7, 11) is 0. The summed E-state index contributed by atoms with van der Waals surface area (Å²) in [5.41, 5.74) is 3.55. The third-order valence-electron chi connectivity index (χ3n) is 4.96. The molecule has 4 aromatic rings. The van der Waals surface area contributed by atoms with Crippen LogP contribution in [0.15, 0.2) is 65.4 Å². The van der Waals surface area contributed by atoms with Crippen molar-refractivity contribution in [2.24, 2.45) is 0 Å². The Balaban J connectivity index is 1.58. The van der Waals surface area contributed by atoms with E-state index in [1.807, 2.05) is 36.4 Å². The van der Waals surface area contributed by atoms with Gasteiger partial charge in [0.15, 0.2) is 0 Å². The average molecular weight is 387 g/mol. The second kappa shape index (κ2) is 7.89. The number of nitrogens with one attached hydrogen (secondary N) is 1. The van der Waals surface area contributed by atoms with Gasteiger partial charge in [0.05, 0.1) is 30.8 Å². The second-order valence-corrected chi connectivity index (χ2v) is 6.84. The average Bonchev–Trinajstić information content (AvgIpc) is 3.24. The van der Waals surface area contributed by atoms with Crippen molar-refractivity contribution in [3.63, 3.8) is 0 Å². The molecule has 1 N–H and O–H groups in total. The number of hydrogen-bond donors (Lipinski definition) is 1. The lowest BCUT2D eigenvalue weighted by molar-refractivity contribution is 0.122. The van der Waals surface area contributed by atoms with Crippen molar-refractivity contribution >= 4 is 22.9 Å². The number of fused-ring (bicyclic) bond motifs is 1. The highest BCUT2D eigenvalue weighted by Crippen LogP contribution is 2.35. The normalized spacial score (nSPS) is 14.3. The number of morpholine rings is 1. The van der Waals surface area contributed by atoms with Crippen LogP contribution < -0.4 is 10.2 Å². The number of ether oxygens (including phenoxy) is 1. The van der Waals surface area contributed by atoms with Crippen molar-refractivity contribution in [2.75, 3.05) is 36.5 Å². The van der Waals surface area contributed by atoms with Crippen LogP contribution in [0, 0.1) is 0 Å². The van der Waals surface area contributed by atoms with E-state index in [1.54, 1.807) is 12.5 Å². The minimum Gasteiger partial charge on any atom is -0.445 e. The summed E-state index contributed by atoms with van der Waals surface area (Å²) in [6.45, 7) is 3.43. The lowest BCUT2D eigenvalue weighted by atomic mass is 10.1. The molecule has 146 valence electrons. The van der Waals surface area contributed by atoms with E-state index in [-0.39, 0.29) is 0 Å². The van der Waals surface area contributed by atoms with Crippen LogP contribution in [0.2, 0.25) is 0 Å². The van der Waals surface area contributed by atoms with Crippen LogP contribution in [0.3, 0.4) is 0 Å². The number of nitrogens with zero attached hydrogens (tertiary/aromatic N) is 4. The van der Waals surface area contributed by atoms with Gasteiger partial charge in [0, 0.05) is 24.8 Å². The fraction of sp³-hybridized carbons (Fsp3) is 0.227. The van der Waals surface area contributed by atoms with Crippen LogP contribution in [0.5, 0.6) is 0 Å². The van der Waals surface area contributed by atoms with E-state index in [0.717, 1.165) is 41.1 Å². The second-order valence-electron chi connectivity index (χ2n) is 6.84. The molecule has 3 aromatic heterocycles. The van der Waals surface area contributed by atoms with Crippen molar-refractivity contribution < 1.29 is 9.15 Å². The van der Waals surface area contributed by atoms with Gasteiger partial charge < -0.3 is 19.4 Å². The zero-order valence-corrected chi connectivity index (χ0v) is 15.9. The molecular weight excluding hydrogens is 366 g/mol. The molecule has 1 aliphatic rings. The largest absolute Gasteiger partial charge is 0.445 e. The lowest BCUT2D eigenvalue weighted by Gasteiger charge is -2.27. The van der Waals surface area contributed by atoms with Crippen LogP contribution in [0.4, 0.5) is 11.8 Å². The van der Waals surface area contributed by atoms with Crippen LogP contribution in [0.1, 0.15) is 5.69 Å². The molecule has 0 bridgehead atoms. The SMILES string of the molecule is c1ccc(-c2coc3nc(N4CCOCC4)nc(NCc4ccccn4)c23)cc1. The number of aromatic nitrogens is 3. The molecule has 1 fully saturated rings. The van der Waals surface area contributed by atoms with E-state index < -0.39 is 0 Å². The number of rotatable bonds is 5. The zero-order valence-electron chi connectivity index (χ0n) is 15.9. The lowest BCUT2D eigenvalue weighted by Crippen LogP contribution is -2.37. The van der Waals surface area contributed by atoms with Crippen LogP contribution >= 0.6 is 0 Å². The highest BCUT2D eigenvalue weighted by atomic mass is 16.5. The Kier molecular flexibility index (Phi) is 4.80. The molecule has 0 unspecified atom stereocenters. The molecule has 0 saturated carbocycles. The Morgan fingerprint density at radius 3 is 2.59 bits per heavy atom. The van der Waals surface area contributed by atoms with Crippen LogP contribution in [0.25, 0.3) is 22.2 Å². The third kappa shape index (κ3) is 3.64. The maximum atomic E-state index is 5.86. The monoisotopic (exact) mass is 387 g/mol. The summed E-state index contributed by atoms with van der Waals surface area (Å²) >= 11 is 0. The predicted octanol–water partition coefficient (Wildman–Crippen LogP) is 3.73. The minimum atomic E-state index is 0.564. The van der Waals surface area contributed by atoms with Crippen molar-refractivity contribution in [3.05, 3.63) is 66.7 Å². The highest BCUT2D eigenvalue weighted by Gasteiger charge is 2.21. The Hall–Kier alpha value is -3.45. The summed E-state index contributed by atoms with van der Waals surface area (Å²) in [5, 5.41) is 4.33. The smallest absolute Gasteiger partial charge is 0.233 e. The Labute approximate surface area is 168 Å². The van der Waals surface area contributed by atoms with Gasteiger partial charge >= 0.3 is 0 Å². The van der Waals surface area contributed by atoms with Crippen molar-refractivity contribution in [2.45, 2.75) is 6.54 Å². The van der Waals surface area contributed by atoms with Gasteiger partial charge in [-0.2, -0.15) is 9.97 Å². The molecule has 1 saturated heterocycles. The van der Waals surface area contributed by atoms with Gasteiger partial charge in [0.1, 0.15) is 12.1 Å². The van der Waals surface area contributed by atoms with Gasteiger partial charge in [-0.25, -0.2) is 0 Å². The van der Waals surface area contributed by atoms with Gasteiger partial charge in [-0.1, -0.05) is 36.4 Å². The number of furan rings is 1. The summed E-state index contributed by atoms with van der Waals surface area (Å²) in [6, 6.07) is 16.0. The highest BCUT2D eigenvalue weighted by molar-refractivity contribution is 6.00. The maximum absolute atomic E-state index is 5.86. The number of hydrogen-bond acceptors (Lipinski definition) is 7. The number of benzene rings is 1. The molecule has 0 aliphatic carbocycles.